The van der Waals surface area contributed by atoms with E-state index in [1.165, 1.54) is 19.3 Å². The van der Waals surface area contributed by atoms with Crippen LogP contribution in [0.25, 0.3) is 10.8 Å². The Balaban J connectivity index is 1.26. The molecule has 4 rings (SSSR count). The summed E-state index contributed by atoms with van der Waals surface area (Å²) in [5.41, 5.74) is 0.775. The molecule has 2 heterocycles. The summed E-state index contributed by atoms with van der Waals surface area (Å²) in [5, 5.41) is 11.3. The lowest BCUT2D eigenvalue weighted by atomic mass is 10.1. The molecule has 3 aromatic rings. The van der Waals surface area contributed by atoms with Crippen molar-refractivity contribution >= 4 is 34.1 Å². The van der Waals surface area contributed by atoms with Gasteiger partial charge in [0.1, 0.15) is 17.5 Å². The number of rotatable bonds is 6. The molecule has 2 aromatic carbocycles. The summed E-state index contributed by atoms with van der Waals surface area (Å²) in [6.07, 6.45) is 3.71. The molecule has 7 nitrogen and oxygen atoms in total. The highest BCUT2D eigenvalue weighted by Gasteiger charge is 2.13. The maximum Gasteiger partial charge on any atom is 0.319 e. The molecular formula is C23H28N6O. The first-order valence-electron chi connectivity index (χ1n) is 10.6. The molecule has 1 aromatic heterocycles. The van der Waals surface area contributed by atoms with Gasteiger partial charge >= 0.3 is 6.03 Å². The first kappa shape index (κ1) is 19.9. The summed E-state index contributed by atoms with van der Waals surface area (Å²) in [5.74, 6) is 2.52. The van der Waals surface area contributed by atoms with Gasteiger partial charge in [-0.2, -0.15) is 0 Å². The van der Waals surface area contributed by atoms with E-state index in [9.17, 15) is 4.79 Å². The van der Waals surface area contributed by atoms with Gasteiger partial charge in [-0.25, -0.2) is 14.8 Å². The first-order chi connectivity index (χ1) is 14.7. The number of piperidine rings is 1. The summed E-state index contributed by atoms with van der Waals surface area (Å²) in [4.78, 5) is 23.6. The van der Waals surface area contributed by atoms with Crippen molar-refractivity contribution in [1.29, 1.82) is 0 Å². The molecule has 0 radical (unpaired) electrons. The SMILES string of the molecule is Cc1nc(NCCNC(=O)Nc2ccc3ccccc3c2)cc(N2CCCCC2)n1. The van der Waals surface area contributed by atoms with Crippen LogP contribution in [0.5, 0.6) is 0 Å². The lowest BCUT2D eigenvalue weighted by Crippen LogP contribution is -2.33. The molecule has 3 N–H and O–H groups in total. The lowest BCUT2D eigenvalue weighted by Gasteiger charge is -2.28. The number of carbonyl (C=O) groups excluding carboxylic acids is 1. The Kier molecular flexibility index (Phi) is 6.27. The summed E-state index contributed by atoms with van der Waals surface area (Å²) in [6, 6.07) is 15.7. The number of fused-ring (bicyclic) bond motifs is 1. The van der Waals surface area contributed by atoms with Gasteiger partial charge in [0.15, 0.2) is 0 Å². The predicted octanol–water partition coefficient (Wildman–Crippen LogP) is 4.16. The molecule has 156 valence electrons. The molecule has 0 saturated carbocycles. The highest BCUT2D eigenvalue weighted by molar-refractivity contribution is 5.93. The number of benzene rings is 2. The monoisotopic (exact) mass is 404 g/mol. The second-order valence-electron chi connectivity index (χ2n) is 7.58. The molecule has 1 fully saturated rings. The van der Waals surface area contributed by atoms with Gasteiger partial charge in [0, 0.05) is 37.9 Å². The van der Waals surface area contributed by atoms with Gasteiger partial charge in [0.2, 0.25) is 0 Å². The quantitative estimate of drug-likeness (QED) is 0.538. The Morgan fingerprint density at radius 1 is 0.967 bits per heavy atom. The van der Waals surface area contributed by atoms with Crippen LogP contribution in [0.2, 0.25) is 0 Å². The lowest BCUT2D eigenvalue weighted by molar-refractivity contribution is 0.252. The summed E-state index contributed by atoms with van der Waals surface area (Å²) >= 11 is 0. The fourth-order valence-electron chi connectivity index (χ4n) is 3.74. The molecule has 0 unspecified atom stereocenters. The standard InChI is InChI=1S/C23H28N6O/c1-17-26-21(16-22(27-17)29-13-5-2-6-14-29)24-11-12-25-23(30)28-20-10-9-18-7-3-4-8-19(18)15-20/h3-4,7-10,15-16H,2,5-6,11-14H2,1H3,(H,24,26,27)(H2,25,28,30). The molecule has 0 aliphatic carbocycles. The number of urea groups is 1. The third kappa shape index (κ3) is 5.17. The van der Waals surface area contributed by atoms with Gasteiger partial charge in [-0.1, -0.05) is 30.3 Å². The molecule has 0 spiro atoms. The number of hydrogen-bond acceptors (Lipinski definition) is 5. The normalized spacial score (nSPS) is 13.8. The molecule has 1 aliphatic heterocycles. The molecule has 30 heavy (non-hydrogen) atoms. The smallest absolute Gasteiger partial charge is 0.319 e. The van der Waals surface area contributed by atoms with E-state index in [1.54, 1.807) is 0 Å². The average Bonchev–Trinajstić information content (AvgIpc) is 2.77. The van der Waals surface area contributed by atoms with Crippen LogP contribution in [-0.2, 0) is 0 Å². The van der Waals surface area contributed by atoms with Crippen molar-refractivity contribution in [1.82, 2.24) is 15.3 Å². The van der Waals surface area contributed by atoms with Crippen LogP contribution < -0.4 is 20.9 Å². The van der Waals surface area contributed by atoms with Crippen LogP contribution in [0.1, 0.15) is 25.1 Å². The van der Waals surface area contributed by atoms with E-state index >= 15 is 0 Å². The van der Waals surface area contributed by atoms with Crippen LogP contribution in [0, 0.1) is 6.92 Å². The predicted molar refractivity (Wildman–Crippen MR) is 122 cm³/mol. The third-order valence-electron chi connectivity index (χ3n) is 5.23. The average molecular weight is 405 g/mol. The molecular weight excluding hydrogens is 376 g/mol. The Morgan fingerprint density at radius 3 is 2.60 bits per heavy atom. The number of anilines is 3. The van der Waals surface area contributed by atoms with Crippen molar-refractivity contribution in [3.05, 3.63) is 54.4 Å². The Labute approximate surface area is 176 Å². The third-order valence-corrected chi connectivity index (χ3v) is 5.23. The van der Waals surface area contributed by atoms with Crippen LogP contribution in [0.4, 0.5) is 22.1 Å². The Hall–Kier alpha value is -3.35. The van der Waals surface area contributed by atoms with Crippen LogP contribution in [0.3, 0.4) is 0 Å². The van der Waals surface area contributed by atoms with Crippen molar-refractivity contribution in [2.75, 3.05) is 41.7 Å². The maximum absolute atomic E-state index is 12.2. The van der Waals surface area contributed by atoms with E-state index < -0.39 is 0 Å². The van der Waals surface area contributed by atoms with Crippen molar-refractivity contribution in [3.63, 3.8) is 0 Å². The van der Waals surface area contributed by atoms with E-state index in [2.05, 4.69) is 36.9 Å². The second-order valence-corrected chi connectivity index (χ2v) is 7.58. The number of nitrogens with one attached hydrogen (secondary N) is 3. The minimum absolute atomic E-state index is 0.222. The summed E-state index contributed by atoms with van der Waals surface area (Å²) < 4.78 is 0. The maximum atomic E-state index is 12.2. The van der Waals surface area contributed by atoms with E-state index in [0.717, 1.165) is 47.0 Å². The first-order valence-corrected chi connectivity index (χ1v) is 10.6. The van der Waals surface area contributed by atoms with Gasteiger partial charge in [-0.15, -0.1) is 0 Å². The highest BCUT2D eigenvalue weighted by Crippen LogP contribution is 2.20. The largest absolute Gasteiger partial charge is 0.368 e. The van der Waals surface area contributed by atoms with Crippen LogP contribution in [0.15, 0.2) is 48.5 Å². The highest BCUT2D eigenvalue weighted by atomic mass is 16.2. The molecule has 1 aliphatic rings. The molecule has 1 saturated heterocycles. The second kappa shape index (κ2) is 9.43. The van der Waals surface area contributed by atoms with Gasteiger partial charge in [-0.05, 0) is 49.1 Å². The zero-order chi connectivity index (χ0) is 20.8. The Morgan fingerprint density at radius 2 is 1.77 bits per heavy atom. The molecule has 0 atom stereocenters. The van der Waals surface area contributed by atoms with E-state index in [-0.39, 0.29) is 6.03 Å². The fraction of sp³-hybridized carbons (Fsp3) is 0.348. The van der Waals surface area contributed by atoms with Crippen molar-refractivity contribution in [3.8, 4) is 0 Å². The Bertz CT molecular complexity index is 1020. The van der Waals surface area contributed by atoms with Gasteiger partial charge in [-0.3, -0.25) is 0 Å². The topological polar surface area (TPSA) is 82.2 Å². The number of aromatic nitrogens is 2. The molecule has 0 bridgehead atoms. The van der Waals surface area contributed by atoms with Crippen LogP contribution in [-0.4, -0.2) is 42.2 Å². The van der Waals surface area contributed by atoms with E-state index in [1.807, 2.05) is 49.4 Å². The molecule has 7 heteroatoms. The zero-order valence-electron chi connectivity index (χ0n) is 17.3. The number of amides is 2. The van der Waals surface area contributed by atoms with Gasteiger partial charge < -0.3 is 20.9 Å². The van der Waals surface area contributed by atoms with Crippen LogP contribution >= 0.6 is 0 Å². The molecule has 2 amide bonds. The van der Waals surface area contributed by atoms with E-state index in [0.29, 0.717) is 13.1 Å². The summed E-state index contributed by atoms with van der Waals surface area (Å²) in [6.45, 7) is 5.08. The fourth-order valence-corrected chi connectivity index (χ4v) is 3.74. The van der Waals surface area contributed by atoms with Crippen molar-refractivity contribution in [2.45, 2.75) is 26.2 Å². The summed E-state index contributed by atoms with van der Waals surface area (Å²) in [7, 11) is 0. The van der Waals surface area contributed by atoms with Crippen molar-refractivity contribution < 1.29 is 4.79 Å². The zero-order valence-corrected chi connectivity index (χ0v) is 17.3. The van der Waals surface area contributed by atoms with Gasteiger partial charge in [0.25, 0.3) is 0 Å². The number of hydrogen-bond donors (Lipinski definition) is 3. The number of aryl methyl sites for hydroxylation is 1. The van der Waals surface area contributed by atoms with E-state index in [4.69, 9.17) is 0 Å². The van der Waals surface area contributed by atoms with Crippen molar-refractivity contribution in [2.24, 2.45) is 0 Å². The number of carbonyl (C=O) groups is 1. The van der Waals surface area contributed by atoms with Gasteiger partial charge in [0.05, 0.1) is 0 Å². The number of nitrogens with zero attached hydrogens (tertiary/aromatic N) is 3. The minimum atomic E-state index is -0.222. The minimum Gasteiger partial charge on any atom is -0.368 e.